The van der Waals surface area contributed by atoms with Crippen molar-refractivity contribution < 1.29 is 9.90 Å². The second-order valence-corrected chi connectivity index (χ2v) is 5.82. The Morgan fingerprint density at radius 2 is 1.89 bits per heavy atom. The summed E-state index contributed by atoms with van der Waals surface area (Å²) in [5.41, 5.74) is 1.03. The zero-order valence-electron chi connectivity index (χ0n) is 11.8. The quantitative estimate of drug-likeness (QED) is 0.880. The molecule has 2 rings (SSSR count). The largest absolute Gasteiger partial charge is 0.476 e. The molecule has 1 aliphatic rings. The number of pyridine rings is 1. The fourth-order valence-electron chi connectivity index (χ4n) is 2.43. The third kappa shape index (κ3) is 3.04. The second-order valence-electron chi connectivity index (χ2n) is 5.82. The molecule has 19 heavy (non-hydrogen) atoms. The first kappa shape index (κ1) is 13.8. The highest BCUT2D eigenvalue weighted by Crippen LogP contribution is 2.22. The van der Waals surface area contributed by atoms with Gasteiger partial charge in [0.15, 0.2) is 5.69 Å². The molecule has 0 bridgehead atoms. The van der Waals surface area contributed by atoms with Crippen LogP contribution < -0.4 is 4.90 Å². The lowest BCUT2D eigenvalue weighted by Crippen LogP contribution is -2.53. The van der Waals surface area contributed by atoms with Gasteiger partial charge in [0.25, 0.3) is 0 Å². The van der Waals surface area contributed by atoms with Gasteiger partial charge in [0.05, 0.1) is 5.69 Å². The molecule has 1 N–H and O–H groups in total. The Morgan fingerprint density at radius 3 is 2.42 bits per heavy atom. The number of carboxylic acid groups (broad SMARTS) is 1. The summed E-state index contributed by atoms with van der Waals surface area (Å²) in [5.74, 6) is -0.964. The van der Waals surface area contributed by atoms with Crippen molar-refractivity contribution in [2.24, 2.45) is 0 Å². The highest BCUT2D eigenvalue weighted by Gasteiger charge is 2.27. The second kappa shape index (κ2) is 5.17. The first-order valence-electron chi connectivity index (χ1n) is 6.58. The first-order valence-corrected chi connectivity index (χ1v) is 6.58. The average Bonchev–Trinajstić information content (AvgIpc) is 2.38. The van der Waals surface area contributed by atoms with Crippen molar-refractivity contribution in [3.05, 3.63) is 24.0 Å². The van der Waals surface area contributed by atoms with E-state index in [9.17, 15) is 9.90 Å². The molecule has 1 saturated heterocycles. The summed E-state index contributed by atoms with van der Waals surface area (Å²) in [6.07, 6.45) is 1.53. The lowest BCUT2D eigenvalue weighted by Gasteiger charge is -2.43. The van der Waals surface area contributed by atoms with Gasteiger partial charge >= 0.3 is 5.97 Å². The smallest absolute Gasteiger partial charge is 0.356 e. The number of aromatic nitrogens is 1. The van der Waals surface area contributed by atoms with E-state index in [1.54, 1.807) is 6.07 Å². The van der Waals surface area contributed by atoms with Gasteiger partial charge in [-0.3, -0.25) is 4.90 Å². The summed E-state index contributed by atoms with van der Waals surface area (Å²) in [7, 11) is 0. The molecule has 0 saturated carbocycles. The minimum Gasteiger partial charge on any atom is -0.476 e. The Kier molecular flexibility index (Phi) is 3.75. The summed E-state index contributed by atoms with van der Waals surface area (Å²) in [5, 5.41) is 9.18. The molecular formula is C14H21N3O2. The van der Waals surface area contributed by atoms with Crippen LogP contribution in [0.4, 0.5) is 5.69 Å². The number of carbonyl (C=O) groups is 1. The van der Waals surface area contributed by atoms with E-state index >= 15 is 0 Å². The molecule has 1 fully saturated rings. The minimum absolute atomic E-state index is 0.145. The van der Waals surface area contributed by atoms with Crippen molar-refractivity contribution in [1.82, 2.24) is 9.88 Å². The van der Waals surface area contributed by atoms with Gasteiger partial charge in [-0.25, -0.2) is 9.78 Å². The normalized spacial score (nSPS) is 17.5. The number of nitrogens with zero attached hydrogens (tertiary/aromatic N) is 3. The molecule has 1 aliphatic heterocycles. The molecule has 0 atom stereocenters. The van der Waals surface area contributed by atoms with Crippen LogP contribution in [0.1, 0.15) is 31.3 Å². The number of rotatable bonds is 2. The number of anilines is 1. The molecule has 0 aromatic carbocycles. The van der Waals surface area contributed by atoms with Crippen LogP contribution in [-0.2, 0) is 0 Å². The lowest BCUT2D eigenvalue weighted by molar-refractivity contribution is 0.0690. The monoisotopic (exact) mass is 263 g/mol. The van der Waals surface area contributed by atoms with E-state index in [0.717, 1.165) is 31.9 Å². The fourth-order valence-corrected chi connectivity index (χ4v) is 2.43. The predicted molar refractivity (Wildman–Crippen MR) is 74.7 cm³/mol. The van der Waals surface area contributed by atoms with E-state index in [2.05, 4.69) is 35.6 Å². The maximum absolute atomic E-state index is 11.2. The maximum Gasteiger partial charge on any atom is 0.356 e. The molecule has 1 aromatic rings. The van der Waals surface area contributed by atoms with Gasteiger partial charge in [0.1, 0.15) is 0 Å². The summed E-state index contributed by atoms with van der Waals surface area (Å²) in [6, 6.07) is 3.63. The topological polar surface area (TPSA) is 56.7 Å². The summed E-state index contributed by atoms with van der Waals surface area (Å²) in [4.78, 5) is 19.7. The zero-order valence-corrected chi connectivity index (χ0v) is 11.8. The molecule has 0 spiro atoms. The Bertz CT molecular complexity index is 460. The first-order chi connectivity index (χ1) is 8.89. The van der Waals surface area contributed by atoms with Crippen LogP contribution in [0.15, 0.2) is 18.3 Å². The van der Waals surface area contributed by atoms with Crippen molar-refractivity contribution in [1.29, 1.82) is 0 Å². The molecular weight excluding hydrogens is 242 g/mol. The number of carboxylic acids is 1. The Labute approximate surface area is 113 Å². The van der Waals surface area contributed by atoms with Crippen molar-refractivity contribution in [3.63, 3.8) is 0 Å². The maximum atomic E-state index is 11.2. The van der Waals surface area contributed by atoms with Gasteiger partial charge in [-0.05, 0) is 32.9 Å². The van der Waals surface area contributed by atoms with Crippen LogP contribution in [0.3, 0.4) is 0 Å². The van der Waals surface area contributed by atoms with E-state index in [-0.39, 0.29) is 11.2 Å². The molecule has 0 aliphatic carbocycles. The molecule has 2 heterocycles. The third-order valence-electron chi connectivity index (χ3n) is 3.56. The van der Waals surface area contributed by atoms with E-state index in [1.165, 1.54) is 6.20 Å². The number of aromatic carboxylic acids is 1. The number of piperazine rings is 1. The summed E-state index contributed by atoms with van der Waals surface area (Å²) < 4.78 is 0. The summed E-state index contributed by atoms with van der Waals surface area (Å²) in [6.45, 7) is 10.2. The Hall–Kier alpha value is -1.62. The van der Waals surface area contributed by atoms with Crippen molar-refractivity contribution in [3.8, 4) is 0 Å². The molecule has 104 valence electrons. The van der Waals surface area contributed by atoms with Gasteiger partial charge in [-0.1, -0.05) is 0 Å². The van der Waals surface area contributed by atoms with Gasteiger partial charge < -0.3 is 10.0 Å². The highest BCUT2D eigenvalue weighted by atomic mass is 16.4. The molecule has 5 nitrogen and oxygen atoms in total. The molecule has 0 amide bonds. The fraction of sp³-hybridized carbons (Fsp3) is 0.571. The summed E-state index contributed by atoms with van der Waals surface area (Å²) >= 11 is 0. The van der Waals surface area contributed by atoms with Gasteiger partial charge in [-0.2, -0.15) is 0 Å². The zero-order chi connectivity index (χ0) is 14.0. The van der Waals surface area contributed by atoms with Crippen molar-refractivity contribution >= 4 is 11.7 Å². The molecule has 1 aromatic heterocycles. The molecule has 5 heteroatoms. The van der Waals surface area contributed by atoms with Crippen LogP contribution in [0.2, 0.25) is 0 Å². The number of hydrogen-bond acceptors (Lipinski definition) is 4. The van der Waals surface area contributed by atoms with Crippen LogP contribution in [0.5, 0.6) is 0 Å². The van der Waals surface area contributed by atoms with E-state index in [0.29, 0.717) is 0 Å². The Balaban J connectivity index is 2.12. The third-order valence-corrected chi connectivity index (χ3v) is 3.56. The van der Waals surface area contributed by atoms with Crippen LogP contribution >= 0.6 is 0 Å². The molecule has 0 radical (unpaired) electrons. The van der Waals surface area contributed by atoms with E-state index < -0.39 is 5.97 Å². The van der Waals surface area contributed by atoms with Gasteiger partial charge in [0.2, 0.25) is 0 Å². The van der Waals surface area contributed by atoms with Crippen LogP contribution in [-0.4, -0.2) is 52.7 Å². The Morgan fingerprint density at radius 1 is 1.26 bits per heavy atom. The van der Waals surface area contributed by atoms with Gasteiger partial charge in [-0.15, -0.1) is 0 Å². The highest BCUT2D eigenvalue weighted by molar-refractivity contribution is 5.92. The SMILES string of the molecule is CC(C)(C)N1CCN(c2cccnc2C(=O)O)CC1. The standard InChI is InChI=1S/C14H21N3O2/c1-14(2,3)17-9-7-16(8-10-17)11-5-4-6-15-12(11)13(18)19/h4-6H,7-10H2,1-3H3,(H,18,19). The number of hydrogen-bond donors (Lipinski definition) is 1. The van der Waals surface area contributed by atoms with Crippen LogP contribution in [0.25, 0.3) is 0 Å². The minimum atomic E-state index is -0.964. The van der Waals surface area contributed by atoms with Crippen LogP contribution in [0, 0.1) is 0 Å². The predicted octanol–water partition coefficient (Wildman–Crippen LogP) is 1.70. The molecule has 0 unspecified atom stereocenters. The van der Waals surface area contributed by atoms with Crippen molar-refractivity contribution in [2.75, 3.05) is 31.1 Å². The average molecular weight is 263 g/mol. The van der Waals surface area contributed by atoms with E-state index in [4.69, 9.17) is 0 Å². The van der Waals surface area contributed by atoms with Crippen molar-refractivity contribution in [2.45, 2.75) is 26.3 Å². The lowest BCUT2D eigenvalue weighted by atomic mass is 10.0. The van der Waals surface area contributed by atoms with Gasteiger partial charge in [0, 0.05) is 37.9 Å². The van der Waals surface area contributed by atoms with E-state index in [1.807, 2.05) is 6.07 Å².